The average molecular weight is 277 g/mol. The van der Waals surface area contributed by atoms with Gasteiger partial charge in [0, 0.05) is 28.2 Å². The molecule has 0 spiro atoms. The third-order valence-electron chi connectivity index (χ3n) is 3.76. The van der Waals surface area contributed by atoms with Gasteiger partial charge in [0.05, 0.1) is 0 Å². The van der Waals surface area contributed by atoms with Crippen LogP contribution in [0.2, 0.25) is 0 Å². The lowest BCUT2D eigenvalue weighted by Gasteiger charge is -2.23. The predicted octanol–water partition coefficient (Wildman–Crippen LogP) is 4.49. The molecule has 0 bridgehead atoms. The van der Waals surface area contributed by atoms with Crippen molar-refractivity contribution in [2.24, 2.45) is 0 Å². The molecule has 0 saturated carbocycles. The van der Waals surface area contributed by atoms with Gasteiger partial charge in [0.2, 0.25) is 0 Å². The normalized spacial score (nSPS) is 11.8. The van der Waals surface area contributed by atoms with Crippen LogP contribution >= 0.6 is 0 Å². The molecule has 0 aliphatic rings. The number of pyridine rings is 1. The van der Waals surface area contributed by atoms with Gasteiger partial charge < -0.3 is 4.98 Å². The first-order chi connectivity index (χ1) is 9.97. The van der Waals surface area contributed by atoms with Crippen LogP contribution in [-0.4, -0.2) is 4.98 Å². The Morgan fingerprint density at radius 1 is 0.905 bits per heavy atom. The monoisotopic (exact) mass is 277 g/mol. The molecule has 0 aliphatic heterocycles. The lowest BCUT2D eigenvalue weighted by Crippen LogP contribution is -2.13. The topological polar surface area (TPSA) is 32.9 Å². The van der Waals surface area contributed by atoms with Gasteiger partial charge in [-0.25, -0.2) is 0 Å². The first-order valence-corrected chi connectivity index (χ1v) is 7.19. The number of nitrogens with one attached hydrogen (secondary N) is 1. The maximum Gasteiger partial charge on any atom is 0.190 e. The summed E-state index contributed by atoms with van der Waals surface area (Å²) in [6.07, 6.45) is 0. The maximum absolute atomic E-state index is 12.3. The second kappa shape index (κ2) is 4.88. The van der Waals surface area contributed by atoms with Crippen LogP contribution in [0.5, 0.6) is 0 Å². The quantitative estimate of drug-likeness (QED) is 0.698. The standard InChI is InChI=1S/C19H19NO/c1-19(2,3)15-10-6-4-8-13(15)17-12-18(21)14-9-5-7-11-16(14)20-17/h4-12H,1-3H3,(H,20,21). The fraction of sp³-hybridized carbons (Fsp3) is 0.211. The van der Waals surface area contributed by atoms with Gasteiger partial charge in [-0.3, -0.25) is 4.79 Å². The molecule has 21 heavy (non-hydrogen) atoms. The number of hydrogen-bond acceptors (Lipinski definition) is 1. The zero-order valence-corrected chi connectivity index (χ0v) is 12.6. The van der Waals surface area contributed by atoms with Crippen LogP contribution in [0.25, 0.3) is 22.2 Å². The molecule has 3 aromatic rings. The van der Waals surface area contributed by atoms with Crippen LogP contribution in [0.4, 0.5) is 0 Å². The summed E-state index contributed by atoms with van der Waals surface area (Å²) in [5.41, 5.74) is 4.17. The van der Waals surface area contributed by atoms with Crippen molar-refractivity contribution in [1.82, 2.24) is 4.98 Å². The molecule has 0 atom stereocenters. The molecular formula is C19H19NO. The molecule has 0 unspecified atom stereocenters. The lowest BCUT2D eigenvalue weighted by atomic mass is 9.83. The number of H-pyrrole nitrogens is 1. The predicted molar refractivity (Wildman–Crippen MR) is 88.7 cm³/mol. The Hall–Kier alpha value is -2.35. The number of rotatable bonds is 1. The minimum atomic E-state index is 0.0269. The SMILES string of the molecule is CC(C)(C)c1ccccc1-c1cc(=O)c2ccccc2[nH]1. The van der Waals surface area contributed by atoms with Crippen LogP contribution in [-0.2, 0) is 5.41 Å². The van der Waals surface area contributed by atoms with Gasteiger partial charge in [-0.1, -0.05) is 57.2 Å². The molecule has 3 rings (SSSR count). The molecule has 0 aliphatic carbocycles. The Balaban J connectivity index is 2.29. The fourth-order valence-electron chi connectivity index (χ4n) is 2.71. The van der Waals surface area contributed by atoms with E-state index in [-0.39, 0.29) is 10.8 Å². The molecule has 1 aromatic heterocycles. The van der Waals surface area contributed by atoms with Crippen LogP contribution in [0.1, 0.15) is 26.3 Å². The van der Waals surface area contributed by atoms with Crippen molar-refractivity contribution in [3.8, 4) is 11.3 Å². The van der Waals surface area contributed by atoms with Gasteiger partial charge in [0.15, 0.2) is 5.43 Å². The van der Waals surface area contributed by atoms with Crippen molar-refractivity contribution in [2.75, 3.05) is 0 Å². The summed E-state index contributed by atoms with van der Waals surface area (Å²) in [7, 11) is 0. The molecule has 106 valence electrons. The Labute approximate surface area is 124 Å². The van der Waals surface area contributed by atoms with E-state index in [9.17, 15) is 4.79 Å². The van der Waals surface area contributed by atoms with Crippen LogP contribution < -0.4 is 5.43 Å². The second-order valence-corrected chi connectivity index (χ2v) is 6.39. The lowest BCUT2D eigenvalue weighted by molar-refractivity contribution is 0.592. The Bertz CT molecular complexity index is 853. The highest BCUT2D eigenvalue weighted by Gasteiger charge is 2.18. The van der Waals surface area contributed by atoms with Crippen LogP contribution in [0, 0.1) is 0 Å². The van der Waals surface area contributed by atoms with Crippen molar-refractivity contribution >= 4 is 10.9 Å². The van der Waals surface area contributed by atoms with Gasteiger partial charge >= 0.3 is 0 Å². The number of aromatic nitrogens is 1. The summed E-state index contributed by atoms with van der Waals surface area (Å²) in [5, 5.41) is 0.731. The maximum atomic E-state index is 12.3. The summed E-state index contributed by atoms with van der Waals surface area (Å²) >= 11 is 0. The molecule has 2 heteroatoms. The van der Waals surface area contributed by atoms with E-state index >= 15 is 0 Å². The van der Waals surface area contributed by atoms with E-state index in [2.05, 4.69) is 37.9 Å². The van der Waals surface area contributed by atoms with E-state index in [1.807, 2.05) is 36.4 Å². The molecule has 2 aromatic carbocycles. The summed E-state index contributed by atoms with van der Waals surface area (Å²) in [6.45, 7) is 6.56. The van der Waals surface area contributed by atoms with Crippen molar-refractivity contribution in [1.29, 1.82) is 0 Å². The molecular weight excluding hydrogens is 258 g/mol. The highest BCUT2D eigenvalue weighted by Crippen LogP contribution is 2.31. The molecule has 0 saturated heterocycles. The van der Waals surface area contributed by atoms with Gasteiger partial charge in [0.1, 0.15) is 0 Å². The van der Waals surface area contributed by atoms with Crippen molar-refractivity contribution in [3.63, 3.8) is 0 Å². The first-order valence-electron chi connectivity index (χ1n) is 7.19. The highest BCUT2D eigenvalue weighted by molar-refractivity contribution is 5.81. The number of fused-ring (bicyclic) bond motifs is 1. The first kappa shape index (κ1) is 13.6. The summed E-state index contributed by atoms with van der Waals surface area (Å²) in [4.78, 5) is 15.7. The van der Waals surface area contributed by atoms with E-state index in [1.54, 1.807) is 6.07 Å². The van der Waals surface area contributed by atoms with Gasteiger partial charge in [-0.2, -0.15) is 0 Å². The average Bonchev–Trinajstić information content (AvgIpc) is 2.46. The summed E-state index contributed by atoms with van der Waals surface area (Å²) < 4.78 is 0. The van der Waals surface area contributed by atoms with E-state index in [1.165, 1.54) is 5.56 Å². The Morgan fingerprint density at radius 2 is 1.57 bits per heavy atom. The van der Waals surface area contributed by atoms with Crippen LogP contribution in [0.3, 0.4) is 0 Å². The van der Waals surface area contributed by atoms with Gasteiger partial charge in [-0.05, 0) is 23.1 Å². The largest absolute Gasteiger partial charge is 0.354 e. The molecule has 1 N–H and O–H groups in total. The smallest absolute Gasteiger partial charge is 0.190 e. The van der Waals surface area contributed by atoms with Gasteiger partial charge in [-0.15, -0.1) is 0 Å². The minimum Gasteiger partial charge on any atom is -0.354 e. The number of para-hydroxylation sites is 1. The molecule has 0 fully saturated rings. The zero-order valence-electron chi connectivity index (χ0n) is 12.6. The Morgan fingerprint density at radius 3 is 2.33 bits per heavy atom. The number of aromatic amines is 1. The van der Waals surface area contributed by atoms with Crippen molar-refractivity contribution < 1.29 is 0 Å². The molecule has 1 heterocycles. The second-order valence-electron chi connectivity index (χ2n) is 6.39. The highest BCUT2D eigenvalue weighted by atomic mass is 16.1. The van der Waals surface area contributed by atoms with Crippen LogP contribution in [0.15, 0.2) is 59.4 Å². The Kier molecular flexibility index (Phi) is 3.17. The molecule has 0 amide bonds. The van der Waals surface area contributed by atoms with E-state index < -0.39 is 0 Å². The zero-order chi connectivity index (χ0) is 15.0. The number of benzene rings is 2. The van der Waals surface area contributed by atoms with Crippen molar-refractivity contribution in [2.45, 2.75) is 26.2 Å². The van der Waals surface area contributed by atoms with E-state index in [0.29, 0.717) is 0 Å². The molecule has 0 radical (unpaired) electrons. The van der Waals surface area contributed by atoms with Gasteiger partial charge in [0.25, 0.3) is 0 Å². The minimum absolute atomic E-state index is 0.0269. The fourth-order valence-corrected chi connectivity index (χ4v) is 2.71. The summed E-state index contributed by atoms with van der Waals surface area (Å²) in [6, 6.07) is 17.6. The van der Waals surface area contributed by atoms with Crippen molar-refractivity contribution in [3.05, 3.63) is 70.4 Å². The summed E-state index contributed by atoms with van der Waals surface area (Å²) in [5.74, 6) is 0. The third-order valence-corrected chi connectivity index (χ3v) is 3.76. The van der Waals surface area contributed by atoms with E-state index in [4.69, 9.17) is 0 Å². The molecule has 2 nitrogen and oxygen atoms in total. The van der Waals surface area contributed by atoms with E-state index in [0.717, 1.165) is 22.2 Å². The third kappa shape index (κ3) is 2.49. The number of hydrogen-bond donors (Lipinski definition) is 1.